The molecule has 1 aromatic carbocycles. The number of carbonyl (C=O) groups excluding carboxylic acids is 2. The minimum absolute atomic E-state index is 0.184. The Kier molecular flexibility index (Phi) is 1.57. The summed E-state index contributed by atoms with van der Waals surface area (Å²) in [6, 6.07) is 7.77. The van der Waals surface area contributed by atoms with Crippen LogP contribution in [0.5, 0.6) is 0 Å². The number of amides is 2. The maximum atomic E-state index is 11.4. The van der Waals surface area contributed by atoms with Crippen molar-refractivity contribution in [3.63, 3.8) is 0 Å². The van der Waals surface area contributed by atoms with Crippen LogP contribution in [0.25, 0.3) is 12.2 Å². The molecular formula is C12H9NO2. The Labute approximate surface area is 86.1 Å². The van der Waals surface area contributed by atoms with E-state index >= 15 is 0 Å². The summed E-state index contributed by atoms with van der Waals surface area (Å²) in [4.78, 5) is 22.9. The first-order chi connectivity index (χ1) is 7.25. The van der Waals surface area contributed by atoms with Crippen LogP contribution in [-0.2, 0) is 9.59 Å². The molecule has 2 aliphatic rings. The summed E-state index contributed by atoms with van der Waals surface area (Å²) in [6.07, 6.45) is 3.75. The maximum Gasteiger partial charge on any atom is 0.234 e. The summed E-state index contributed by atoms with van der Waals surface area (Å²) in [7, 11) is 0. The number of carbonyl (C=O) groups is 2. The van der Waals surface area contributed by atoms with Gasteiger partial charge in [0.05, 0.1) is 11.8 Å². The summed E-state index contributed by atoms with van der Waals surface area (Å²) in [5.41, 5.74) is 0. The molecule has 0 bridgehead atoms. The molecule has 3 heteroatoms. The van der Waals surface area contributed by atoms with E-state index in [0.29, 0.717) is 0 Å². The third-order valence-electron chi connectivity index (χ3n) is 2.95. The van der Waals surface area contributed by atoms with Crippen LogP contribution < -0.4 is 15.8 Å². The molecule has 0 spiro atoms. The lowest BCUT2D eigenvalue weighted by molar-refractivity contribution is -0.125. The fraction of sp³-hybridized carbons (Fsp3) is 0.167. The van der Waals surface area contributed by atoms with Crippen molar-refractivity contribution in [2.24, 2.45) is 11.8 Å². The van der Waals surface area contributed by atoms with E-state index in [1.165, 1.54) is 0 Å². The summed E-state index contributed by atoms with van der Waals surface area (Å²) in [5, 5.41) is 4.42. The fourth-order valence-electron chi connectivity index (χ4n) is 2.17. The van der Waals surface area contributed by atoms with Gasteiger partial charge >= 0.3 is 0 Å². The fourth-order valence-corrected chi connectivity index (χ4v) is 2.17. The molecule has 2 atom stereocenters. The SMILES string of the molecule is O=C1NC(=O)C2C=c3ccccc3=CC12. The second-order valence-electron chi connectivity index (χ2n) is 3.87. The molecule has 1 fully saturated rings. The Bertz CT molecular complexity index is 523. The molecule has 1 aliphatic heterocycles. The largest absolute Gasteiger partial charge is 0.295 e. The van der Waals surface area contributed by atoms with Crippen molar-refractivity contribution in [3.8, 4) is 0 Å². The Morgan fingerprint density at radius 1 is 0.867 bits per heavy atom. The highest BCUT2D eigenvalue weighted by Gasteiger charge is 2.39. The number of rotatable bonds is 0. The van der Waals surface area contributed by atoms with E-state index in [9.17, 15) is 9.59 Å². The Morgan fingerprint density at radius 2 is 1.33 bits per heavy atom. The van der Waals surface area contributed by atoms with Gasteiger partial charge in [0.1, 0.15) is 0 Å². The minimum atomic E-state index is -0.313. The van der Waals surface area contributed by atoms with Crippen LogP contribution in [0.1, 0.15) is 0 Å². The van der Waals surface area contributed by atoms with Gasteiger partial charge in [0.15, 0.2) is 0 Å². The number of hydrogen-bond donors (Lipinski definition) is 1. The Balaban J connectivity index is 2.27. The van der Waals surface area contributed by atoms with E-state index in [4.69, 9.17) is 0 Å². The van der Waals surface area contributed by atoms with Crippen molar-refractivity contribution < 1.29 is 9.59 Å². The van der Waals surface area contributed by atoms with Crippen molar-refractivity contribution in [1.82, 2.24) is 5.32 Å². The maximum absolute atomic E-state index is 11.4. The van der Waals surface area contributed by atoms with Gasteiger partial charge < -0.3 is 0 Å². The normalized spacial score (nSPS) is 27.2. The summed E-state index contributed by atoms with van der Waals surface area (Å²) in [5.74, 6) is -0.994. The van der Waals surface area contributed by atoms with Crippen LogP contribution >= 0.6 is 0 Å². The molecule has 1 heterocycles. The first-order valence-electron chi connectivity index (χ1n) is 4.89. The van der Waals surface area contributed by atoms with Crippen LogP contribution in [0.4, 0.5) is 0 Å². The molecule has 3 rings (SSSR count). The highest BCUT2D eigenvalue weighted by molar-refractivity contribution is 6.10. The molecule has 3 nitrogen and oxygen atoms in total. The summed E-state index contributed by atoms with van der Waals surface area (Å²) in [6.45, 7) is 0. The highest BCUT2D eigenvalue weighted by atomic mass is 16.2. The monoisotopic (exact) mass is 199 g/mol. The van der Waals surface area contributed by atoms with Gasteiger partial charge in [-0.1, -0.05) is 36.4 Å². The van der Waals surface area contributed by atoms with Crippen molar-refractivity contribution in [3.05, 3.63) is 34.7 Å². The molecule has 15 heavy (non-hydrogen) atoms. The first kappa shape index (κ1) is 8.41. The summed E-state index contributed by atoms with van der Waals surface area (Å²) >= 11 is 0. The van der Waals surface area contributed by atoms with Gasteiger partial charge in [-0.15, -0.1) is 0 Å². The zero-order chi connectivity index (χ0) is 10.4. The van der Waals surface area contributed by atoms with Gasteiger partial charge in [-0.2, -0.15) is 0 Å². The predicted molar refractivity (Wildman–Crippen MR) is 54.8 cm³/mol. The lowest BCUT2D eigenvalue weighted by Crippen LogP contribution is -2.33. The Morgan fingerprint density at radius 3 is 1.80 bits per heavy atom. The second-order valence-corrected chi connectivity index (χ2v) is 3.87. The number of benzene rings is 1. The molecule has 0 radical (unpaired) electrons. The van der Waals surface area contributed by atoms with Gasteiger partial charge in [0.25, 0.3) is 0 Å². The van der Waals surface area contributed by atoms with E-state index < -0.39 is 0 Å². The number of nitrogens with one attached hydrogen (secondary N) is 1. The van der Waals surface area contributed by atoms with E-state index in [-0.39, 0.29) is 23.7 Å². The number of imide groups is 1. The molecule has 1 saturated heterocycles. The topological polar surface area (TPSA) is 46.2 Å². The average Bonchev–Trinajstić information content (AvgIpc) is 2.52. The Hall–Kier alpha value is -1.90. The molecular weight excluding hydrogens is 190 g/mol. The van der Waals surface area contributed by atoms with E-state index in [1.807, 2.05) is 36.4 Å². The molecule has 2 unspecified atom stereocenters. The van der Waals surface area contributed by atoms with E-state index in [2.05, 4.69) is 5.32 Å². The first-order valence-corrected chi connectivity index (χ1v) is 4.89. The van der Waals surface area contributed by atoms with Gasteiger partial charge in [-0.05, 0) is 10.4 Å². The molecule has 1 aromatic rings. The molecule has 2 amide bonds. The lowest BCUT2D eigenvalue weighted by atomic mass is 9.89. The molecule has 74 valence electrons. The lowest BCUT2D eigenvalue weighted by Gasteiger charge is -2.11. The van der Waals surface area contributed by atoms with Crippen LogP contribution in [0.15, 0.2) is 24.3 Å². The van der Waals surface area contributed by atoms with Crippen molar-refractivity contribution in [1.29, 1.82) is 0 Å². The number of hydrogen-bond acceptors (Lipinski definition) is 2. The number of fused-ring (bicyclic) bond motifs is 2. The minimum Gasteiger partial charge on any atom is -0.295 e. The third kappa shape index (κ3) is 1.13. The smallest absolute Gasteiger partial charge is 0.234 e. The molecule has 0 aromatic heterocycles. The quantitative estimate of drug-likeness (QED) is 0.553. The van der Waals surface area contributed by atoms with Gasteiger partial charge in [-0.3, -0.25) is 14.9 Å². The van der Waals surface area contributed by atoms with Gasteiger partial charge in [-0.25, -0.2) is 0 Å². The van der Waals surface area contributed by atoms with E-state index in [0.717, 1.165) is 10.4 Å². The molecule has 0 saturated carbocycles. The molecule has 1 N–H and O–H groups in total. The second kappa shape index (κ2) is 2.79. The van der Waals surface area contributed by atoms with Crippen LogP contribution in [-0.4, -0.2) is 11.8 Å². The van der Waals surface area contributed by atoms with Crippen LogP contribution in [0, 0.1) is 11.8 Å². The predicted octanol–water partition coefficient (Wildman–Crippen LogP) is -0.850. The van der Waals surface area contributed by atoms with Crippen molar-refractivity contribution in [2.45, 2.75) is 0 Å². The summed E-state index contributed by atoms with van der Waals surface area (Å²) < 4.78 is 0. The van der Waals surface area contributed by atoms with Crippen LogP contribution in [0.2, 0.25) is 0 Å². The third-order valence-corrected chi connectivity index (χ3v) is 2.95. The highest BCUT2D eigenvalue weighted by Crippen LogP contribution is 2.23. The zero-order valence-electron chi connectivity index (χ0n) is 7.94. The molecule has 1 aliphatic carbocycles. The average molecular weight is 199 g/mol. The van der Waals surface area contributed by atoms with Gasteiger partial charge in [0, 0.05) is 0 Å². The van der Waals surface area contributed by atoms with Gasteiger partial charge in [0.2, 0.25) is 11.8 Å². The zero-order valence-corrected chi connectivity index (χ0v) is 7.94. The van der Waals surface area contributed by atoms with E-state index in [1.54, 1.807) is 0 Å². The van der Waals surface area contributed by atoms with Crippen molar-refractivity contribution >= 4 is 24.0 Å². The standard InChI is InChI=1S/C12H9NO2/c14-11-9-5-7-3-1-2-4-8(7)6-10(9)12(15)13-11/h1-6,9-10H,(H,13,14,15). The van der Waals surface area contributed by atoms with Crippen molar-refractivity contribution in [2.75, 3.05) is 0 Å². The van der Waals surface area contributed by atoms with Crippen LogP contribution in [0.3, 0.4) is 0 Å².